The predicted octanol–water partition coefficient (Wildman–Crippen LogP) is -2.38. The van der Waals surface area contributed by atoms with Crippen molar-refractivity contribution in [3.8, 4) is 0 Å². The van der Waals surface area contributed by atoms with E-state index in [9.17, 15) is 13.2 Å². The summed E-state index contributed by atoms with van der Waals surface area (Å²) in [5, 5.41) is 7.68. The summed E-state index contributed by atoms with van der Waals surface area (Å²) in [6.07, 6.45) is 0.937. The minimum Gasteiger partial charge on any atom is -0.294 e. The van der Waals surface area contributed by atoms with Crippen LogP contribution in [0.25, 0.3) is 0 Å². The van der Waals surface area contributed by atoms with Crippen LogP contribution in [0, 0.1) is 0 Å². The maximum atomic E-state index is 10.5. The number of aromatic nitrogens is 3. The first-order valence-electron chi connectivity index (χ1n) is 2.18. The average Bonchev–Trinajstić information content (AvgIpc) is 2.11. The molecule has 10 heavy (non-hydrogen) atoms. The third kappa shape index (κ3) is 1.06. The van der Waals surface area contributed by atoms with Crippen LogP contribution in [0.5, 0.6) is 0 Å². The van der Waals surface area contributed by atoms with Crippen molar-refractivity contribution in [2.75, 3.05) is 0 Å². The molecule has 0 bridgehead atoms. The van der Waals surface area contributed by atoms with Crippen LogP contribution in [0.2, 0.25) is 0 Å². The van der Waals surface area contributed by atoms with Crippen molar-refractivity contribution < 1.29 is 8.42 Å². The molecule has 1 aromatic heterocycles. The van der Waals surface area contributed by atoms with E-state index in [2.05, 4.69) is 10.2 Å². The average molecular weight is 164 g/mol. The second-order valence-electron chi connectivity index (χ2n) is 1.48. The van der Waals surface area contributed by atoms with Crippen molar-refractivity contribution >= 4 is 10.2 Å². The van der Waals surface area contributed by atoms with Gasteiger partial charge in [0.15, 0.2) is 0 Å². The SMILES string of the molecule is NS(=O)(=O)n1nc[nH]c1=O. The van der Waals surface area contributed by atoms with Crippen LogP contribution in [-0.4, -0.2) is 22.6 Å². The van der Waals surface area contributed by atoms with Crippen molar-refractivity contribution in [2.24, 2.45) is 5.14 Å². The molecule has 1 heterocycles. The lowest BCUT2D eigenvalue weighted by Gasteiger charge is -1.89. The molecule has 0 unspecified atom stereocenters. The highest BCUT2D eigenvalue weighted by Crippen LogP contribution is 1.73. The van der Waals surface area contributed by atoms with Gasteiger partial charge in [0.25, 0.3) is 0 Å². The van der Waals surface area contributed by atoms with Crippen LogP contribution >= 0.6 is 0 Å². The molecule has 1 rings (SSSR count). The van der Waals surface area contributed by atoms with E-state index in [1.54, 1.807) is 0 Å². The smallest absolute Gasteiger partial charge is 0.294 e. The number of nitrogens with two attached hydrogens (primary N) is 1. The van der Waals surface area contributed by atoms with Crippen molar-refractivity contribution in [2.45, 2.75) is 0 Å². The third-order valence-corrected chi connectivity index (χ3v) is 1.51. The minimum absolute atomic E-state index is 0.160. The van der Waals surface area contributed by atoms with Gasteiger partial charge in [0.2, 0.25) is 0 Å². The molecular formula is C2H4N4O3S. The summed E-state index contributed by atoms with van der Waals surface area (Å²) in [7, 11) is -4.03. The first-order chi connectivity index (χ1) is 4.52. The summed E-state index contributed by atoms with van der Waals surface area (Å²) in [5.41, 5.74) is -0.873. The Morgan fingerprint density at radius 1 is 1.70 bits per heavy atom. The van der Waals surface area contributed by atoms with Crippen molar-refractivity contribution in [1.82, 2.24) is 14.2 Å². The summed E-state index contributed by atoms with van der Waals surface area (Å²) in [5.74, 6) is 0. The van der Waals surface area contributed by atoms with Crippen LogP contribution in [0.15, 0.2) is 11.1 Å². The topological polar surface area (TPSA) is 111 Å². The van der Waals surface area contributed by atoms with E-state index in [1.165, 1.54) is 0 Å². The predicted molar refractivity (Wildman–Crippen MR) is 31.4 cm³/mol. The molecule has 1 aromatic rings. The van der Waals surface area contributed by atoms with Gasteiger partial charge in [0.1, 0.15) is 6.33 Å². The summed E-state index contributed by atoms with van der Waals surface area (Å²) >= 11 is 0. The largest absolute Gasteiger partial charge is 0.358 e. The molecule has 0 aliphatic rings. The first kappa shape index (κ1) is 6.96. The molecule has 0 radical (unpaired) electrons. The Morgan fingerprint density at radius 2 is 2.30 bits per heavy atom. The Balaban J connectivity index is 3.47. The van der Waals surface area contributed by atoms with Gasteiger partial charge >= 0.3 is 15.9 Å². The van der Waals surface area contributed by atoms with Crippen LogP contribution < -0.4 is 10.8 Å². The van der Waals surface area contributed by atoms with E-state index >= 15 is 0 Å². The molecule has 0 spiro atoms. The van der Waals surface area contributed by atoms with Crippen LogP contribution in [0.3, 0.4) is 0 Å². The maximum absolute atomic E-state index is 10.5. The Labute approximate surface area is 55.7 Å². The first-order valence-corrected chi connectivity index (χ1v) is 3.68. The van der Waals surface area contributed by atoms with Crippen LogP contribution in [-0.2, 0) is 10.2 Å². The zero-order valence-electron chi connectivity index (χ0n) is 4.68. The van der Waals surface area contributed by atoms with E-state index in [0.29, 0.717) is 0 Å². The highest BCUT2D eigenvalue weighted by atomic mass is 32.2. The molecule has 0 aliphatic heterocycles. The Bertz CT molecular complexity index is 371. The molecule has 0 aliphatic carbocycles. The quantitative estimate of drug-likeness (QED) is 0.482. The fourth-order valence-electron chi connectivity index (χ4n) is 0.425. The Morgan fingerprint density at radius 3 is 2.50 bits per heavy atom. The number of aromatic amines is 1. The van der Waals surface area contributed by atoms with Gasteiger partial charge in [-0.25, -0.2) is 9.93 Å². The monoisotopic (exact) mass is 164 g/mol. The van der Waals surface area contributed by atoms with Crippen LogP contribution in [0.1, 0.15) is 0 Å². The molecule has 56 valence electrons. The van der Waals surface area contributed by atoms with E-state index in [-0.39, 0.29) is 4.09 Å². The molecule has 7 nitrogen and oxygen atoms in total. The normalized spacial score (nSPS) is 11.7. The molecule has 0 fully saturated rings. The second-order valence-corrected chi connectivity index (χ2v) is 2.86. The van der Waals surface area contributed by atoms with Gasteiger partial charge < -0.3 is 0 Å². The van der Waals surface area contributed by atoms with Crippen molar-refractivity contribution in [3.63, 3.8) is 0 Å². The molecule has 0 saturated heterocycles. The summed E-state index contributed by atoms with van der Waals surface area (Å²) < 4.78 is 20.9. The minimum atomic E-state index is -4.03. The third-order valence-electron chi connectivity index (χ3n) is 0.765. The second kappa shape index (κ2) is 1.92. The standard InChI is InChI=1S/C2H4N4O3S/c3-10(8,9)6-2(7)4-1-5-6/h1H,(H2,3,8,9)(H,4,5,7). The van der Waals surface area contributed by atoms with Gasteiger partial charge in [-0.1, -0.05) is 4.09 Å². The van der Waals surface area contributed by atoms with Crippen molar-refractivity contribution in [3.05, 3.63) is 16.8 Å². The van der Waals surface area contributed by atoms with Gasteiger partial charge in [-0.05, 0) is 0 Å². The van der Waals surface area contributed by atoms with E-state index < -0.39 is 15.9 Å². The van der Waals surface area contributed by atoms with Gasteiger partial charge in [0, 0.05) is 0 Å². The molecule has 0 saturated carbocycles. The lowest BCUT2D eigenvalue weighted by atomic mass is 11.3. The fourth-order valence-corrected chi connectivity index (χ4v) is 0.888. The number of hydrogen-bond acceptors (Lipinski definition) is 4. The number of rotatable bonds is 1. The van der Waals surface area contributed by atoms with E-state index in [4.69, 9.17) is 0 Å². The summed E-state index contributed by atoms with van der Waals surface area (Å²) in [6, 6.07) is 0. The fraction of sp³-hybridized carbons (Fsp3) is 0. The van der Waals surface area contributed by atoms with Gasteiger partial charge in [-0.2, -0.15) is 8.42 Å². The Hall–Kier alpha value is -1.15. The zero-order valence-corrected chi connectivity index (χ0v) is 5.50. The molecule has 0 amide bonds. The molecule has 3 N–H and O–H groups in total. The summed E-state index contributed by atoms with van der Waals surface area (Å²) in [4.78, 5) is 12.5. The number of nitrogens with zero attached hydrogens (tertiary/aromatic N) is 2. The van der Waals surface area contributed by atoms with E-state index in [1.807, 2.05) is 4.98 Å². The molecule has 0 atom stereocenters. The van der Waals surface area contributed by atoms with Gasteiger partial charge in [0.05, 0.1) is 0 Å². The van der Waals surface area contributed by atoms with Crippen LogP contribution in [0.4, 0.5) is 0 Å². The lowest BCUT2D eigenvalue weighted by Crippen LogP contribution is -2.31. The van der Waals surface area contributed by atoms with Crippen molar-refractivity contribution in [1.29, 1.82) is 0 Å². The number of hydrogen-bond donors (Lipinski definition) is 2. The zero-order chi connectivity index (χ0) is 7.78. The highest BCUT2D eigenvalue weighted by Gasteiger charge is 2.08. The molecular weight excluding hydrogens is 160 g/mol. The molecule has 0 aromatic carbocycles. The number of H-pyrrole nitrogens is 1. The van der Waals surface area contributed by atoms with E-state index in [0.717, 1.165) is 6.33 Å². The van der Waals surface area contributed by atoms with Gasteiger partial charge in [-0.3, -0.25) is 4.98 Å². The van der Waals surface area contributed by atoms with Gasteiger partial charge in [-0.15, -0.1) is 5.10 Å². The molecule has 8 heteroatoms. The highest BCUT2D eigenvalue weighted by molar-refractivity contribution is 7.87. The Kier molecular flexibility index (Phi) is 1.34. The lowest BCUT2D eigenvalue weighted by molar-refractivity contribution is 0.579. The summed E-state index contributed by atoms with van der Waals surface area (Å²) in [6.45, 7) is 0. The number of nitrogens with one attached hydrogen (secondary N) is 1. The maximum Gasteiger partial charge on any atom is 0.358 e.